The molecule has 0 heterocycles. The first-order valence-corrected chi connectivity index (χ1v) is 6.82. The van der Waals surface area contributed by atoms with Gasteiger partial charge >= 0.3 is 0 Å². The van der Waals surface area contributed by atoms with Crippen LogP contribution in [-0.2, 0) is 10.0 Å². The molecule has 0 aromatic heterocycles. The zero-order chi connectivity index (χ0) is 11.0. The van der Waals surface area contributed by atoms with Crippen molar-refractivity contribution in [3.8, 4) is 0 Å². The predicted molar refractivity (Wildman–Crippen MR) is 59.8 cm³/mol. The highest BCUT2D eigenvalue weighted by molar-refractivity contribution is 7.89. The third-order valence-corrected chi connectivity index (χ3v) is 3.72. The highest BCUT2D eigenvalue weighted by Gasteiger charge is 2.11. The van der Waals surface area contributed by atoms with Crippen molar-refractivity contribution in [1.82, 2.24) is 10.0 Å². The van der Waals surface area contributed by atoms with E-state index in [1.807, 2.05) is 0 Å². The van der Waals surface area contributed by atoms with E-state index in [0.717, 1.165) is 12.8 Å². The van der Waals surface area contributed by atoms with Gasteiger partial charge in [-0.15, -0.1) is 0 Å². The van der Waals surface area contributed by atoms with Crippen molar-refractivity contribution < 1.29 is 8.42 Å². The van der Waals surface area contributed by atoms with Gasteiger partial charge in [0.1, 0.15) is 0 Å². The van der Waals surface area contributed by atoms with Gasteiger partial charge in [-0.1, -0.05) is 26.7 Å². The lowest BCUT2D eigenvalue weighted by Gasteiger charge is -2.13. The molecule has 4 nitrogen and oxygen atoms in total. The number of nitrogens with one attached hydrogen (secondary N) is 2. The molecular formula is C9H22N2O2S. The lowest BCUT2D eigenvalue weighted by Crippen LogP contribution is -2.34. The minimum absolute atomic E-state index is 0.156. The van der Waals surface area contributed by atoms with Crippen LogP contribution in [0.15, 0.2) is 0 Å². The molecule has 0 rings (SSSR count). The summed E-state index contributed by atoms with van der Waals surface area (Å²) in [7, 11) is -1.33. The van der Waals surface area contributed by atoms with Crippen LogP contribution in [0.25, 0.3) is 0 Å². The fourth-order valence-electron chi connectivity index (χ4n) is 1.13. The van der Waals surface area contributed by atoms with Gasteiger partial charge in [0.25, 0.3) is 0 Å². The van der Waals surface area contributed by atoms with E-state index >= 15 is 0 Å². The summed E-state index contributed by atoms with van der Waals surface area (Å²) in [5, 5.41) is 2.82. The highest BCUT2D eigenvalue weighted by atomic mass is 32.2. The summed E-state index contributed by atoms with van der Waals surface area (Å²) in [4.78, 5) is 0. The first-order chi connectivity index (χ1) is 6.55. The summed E-state index contributed by atoms with van der Waals surface area (Å²) in [6.45, 7) is 5.23. The first kappa shape index (κ1) is 13.9. The second-order valence-electron chi connectivity index (χ2n) is 3.45. The molecule has 0 aromatic carbocycles. The van der Waals surface area contributed by atoms with E-state index in [-0.39, 0.29) is 5.75 Å². The molecule has 86 valence electrons. The lowest BCUT2D eigenvalue weighted by atomic mass is 10.0. The predicted octanol–water partition coefficient (Wildman–Crippen LogP) is 0.561. The Morgan fingerprint density at radius 2 is 1.79 bits per heavy atom. The molecule has 0 spiro atoms. The summed E-state index contributed by atoms with van der Waals surface area (Å²) in [5.74, 6) is 0.614. The minimum Gasteiger partial charge on any atom is -0.319 e. The van der Waals surface area contributed by atoms with Crippen LogP contribution in [0, 0.1) is 5.92 Å². The van der Waals surface area contributed by atoms with E-state index in [1.165, 1.54) is 0 Å². The van der Waals surface area contributed by atoms with Crippen LogP contribution < -0.4 is 10.0 Å². The molecule has 0 radical (unpaired) electrons. The minimum atomic E-state index is -3.07. The Kier molecular flexibility index (Phi) is 7.13. The summed E-state index contributed by atoms with van der Waals surface area (Å²) >= 11 is 0. The maximum absolute atomic E-state index is 11.4. The molecule has 2 N–H and O–H groups in total. The Bertz CT molecular complexity index is 223. The average molecular weight is 222 g/mol. The van der Waals surface area contributed by atoms with Gasteiger partial charge in [-0.25, -0.2) is 13.1 Å². The fourth-order valence-corrected chi connectivity index (χ4v) is 2.24. The van der Waals surface area contributed by atoms with E-state index in [1.54, 1.807) is 7.05 Å². The van der Waals surface area contributed by atoms with Crippen LogP contribution in [0.5, 0.6) is 0 Å². The van der Waals surface area contributed by atoms with Crippen molar-refractivity contribution >= 4 is 10.0 Å². The van der Waals surface area contributed by atoms with Gasteiger partial charge in [-0.3, -0.25) is 0 Å². The van der Waals surface area contributed by atoms with Gasteiger partial charge < -0.3 is 5.32 Å². The maximum Gasteiger partial charge on any atom is 0.212 e. The number of hydrogen-bond donors (Lipinski definition) is 2. The third-order valence-electron chi connectivity index (χ3n) is 2.37. The van der Waals surface area contributed by atoms with Gasteiger partial charge in [0.15, 0.2) is 0 Å². The molecule has 0 aliphatic rings. The molecule has 0 bridgehead atoms. The Labute approximate surface area is 87.5 Å². The van der Waals surface area contributed by atoms with Crippen molar-refractivity contribution in [3.05, 3.63) is 0 Å². The van der Waals surface area contributed by atoms with Crippen molar-refractivity contribution in [2.24, 2.45) is 5.92 Å². The van der Waals surface area contributed by atoms with E-state index in [0.29, 0.717) is 19.0 Å². The van der Waals surface area contributed by atoms with Gasteiger partial charge in [0, 0.05) is 13.1 Å². The van der Waals surface area contributed by atoms with Crippen LogP contribution in [0.3, 0.4) is 0 Å². The summed E-state index contributed by atoms with van der Waals surface area (Å²) in [5.41, 5.74) is 0. The summed E-state index contributed by atoms with van der Waals surface area (Å²) in [6.07, 6.45) is 2.04. The molecular weight excluding hydrogens is 200 g/mol. The number of hydrogen-bond acceptors (Lipinski definition) is 3. The molecule has 0 aliphatic heterocycles. The van der Waals surface area contributed by atoms with Crippen molar-refractivity contribution in [3.63, 3.8) is 0 Å². The molecule has 14 heavy (non-hydrogen) atoms. The zero-order valence-electron chi connectivity index (χ0n) is 9.34. The molecule has 0 fully saturated rings. The van der Waals surface area contributed by atoms with Crippen LogP contribution >= 0.6 is 0 Å². The van der Waals surface area contributed by atoms with Crippen molar-refractivity contribution in [2.75, 3.05) is 25.9 Å². The fraction of sp³-hybridized carbons (Fsp3) is 1.00. The molecule has 0 saturated carbocycles. The molecule has 0 aliphatic carbocycles. The zero-order valence-corrected chi connectivity index (χ0v) is 10.2. The van der Waals surface area contributed by atoms with E-state index in [2.05, 4.69) is 23.9 Å². The molecule has 0 saturated heterocycles. The van der Waals surface area contributed by atoms with Gasteiger partial charge in [0.05, 0.1) is 5.75 Å². The largest absolute Gasteiger partial charge is 0.319 e. The summed E-state index contributed by atoms with van der Waals surface area (Å²) < 4.78 is 25.4. The third kappa shape index (κ3) is 6.34. The van der Waals surface area contributed by atoms with Crippen molar-refractivity contribution in [2.45, 2.75) is 26.7 Å². The molecule has 0 unspecified atom stereocenters. The van der Waals surface area contributed by atoms with Crippen LogP contribution in [0.1, 0.15) is 26.7 Å². The quantitative estimate of drug-likeness (QED) is 0.631. The Hall–Kier alpha value is -0.130. The summed E-state index contributed by atoms with van der Waals surface area (Å²) in [6, 6.07) is 0. The Morgan fingerprint density at radius 1 is 1.21 bits per heavy atom. The molecule has 0 amide bonds. The molecule has 5 heteroatoms. The maximum atomic E-state index is 11.4. The number of rotatable bonds is 8. The first-order valence-electron chi connectivity index (χ1n) is 5.17. The van der Waals surface area contributed by atoms with Crippen LogP contribution in [0.2, 0.25) is 0 Å². The van der Waals surface area contributed by atoms with E-state index in [4.69, 9.17) is 0 Å². The van der Waals surface area contributed by atoms with Gasteiger partial charge in [0.2, 0.25) is 10.0 Å². The average Bonchev–Trinajstić information content (AvgIpc) is 2.16. The van der Waals surface area contributed by atoms with Crippen molar-refractivity contribution in [1.29, 1.82) is 0 Å². The number of sulfonamides is 1. The van der Waals surface area contributed by atoms with Crippen LogP contribution in [0.4, 0.5) is 0 Å². The molecule has 0 aromatic rings. The van der Waals surface area contributed by atoms with Gasteiger partial charge in [-0.2, -0.15) is 0 Å². The second-order valence-corrected chi connectivity index (χ2v) is 5.38. The topological polar surface area (TPSA) is 58.2 Å². The highest BCUT2D eigenvalue weighted by Crippen LogP contribution is 2.05. The van der Waals surface area contributed by atoms with Gasteiger partial charge in [-0.05, 0) is 13.0 Å². The smallest absolute Gasteiger partial charge is 0.212 e. The second kappa shape index (κ2) is 7.20. The Morgan fingerprint density at radius 3 is 2.21 bits per heavy atom. The molecule has 0 atom stereocenters. The van der Waals surface area contributed by atoms with E-state index < -0.39 is 10.0 Å². The lowest BCUT2D eigenvalue weighted by molar-refractivity contribution is 0.478. The van der Waals surface area contributed by atoms with Crippen LogP contribution in [-0.4, -0.2) is 34.3 Å². The monoisotopic (exact) mass is 222 g/mol. The van der Waals surface area contributed by atoms with E-state index in [9.17, 15) is 8.42 Å². The normalized spacial score (nSPS) is 12.3. The standard InChI is InChI=1S/C9H22N2O2S/c1-4-9(5-2)8-11-14(12,13)7-6-10-3/h9-11H,4-8H2,1-3H3. The Balaban J connectivity index is 3.86. The SMILES string of the molecule is CCC(CC)CNS(=O)(=O)CCNC.